The van der Waals surface area contributed by atoms with Gasteiger partial charge in [0.2, 0.25) is 0 Å². The largest absolute Gasteiger partial charge is 0.466 e. The molecule has 0 saturated heterocycles. The van der Waals surface area contributed by atoms with Gasteiger partial charge in [-0.25, -0.2) is 4.79 Å². The van der Waals surface area contributed by atoms with Gasteiger partial charge in [0, 0.05) is 11.8 Å². The minimum atomic E-state index is -0.278. The van der Waals surface area contributed by atoms with E-state index < -0.39 is 0 Å². The predicted molar refractivity (Wildman–Crippen MR) is 98.5 cm³/mol. The topological polar surface area (TPSA) is 52.6 Å². The zero-order chi connectivity index (χ0) is 17.8. The lowest BCUT2D eigenvalue weighted by atomic mass is 9.95. The Hall–Kier alpha value is -1.36. The number of carbonyl (C=O) groups excluding carboxylic acids is 2. The summed E-state index contributed by atoms with van der Waals surface area (Å²) >= 11 is 3.57. The van der Waals surface area contributed by atoms with E-state index in [1.807, 2.05) is 31.2 Å². The summed E-state index contributed by atoms with van der Waals surface area (Å²) in [5.41, 5.74) is 1.79. The molecule has 0 amide bonds. The third-order valence-electron chi connectivity index (χ3n) is 3.76. The summed E-state index contributed by atoms with van der Waals surface area (Å²) in [6.07, 6.45) is 4.38. The van der Waals surface area contributed by atoms with Crippen LogP contribution in [0.4, 0.5) is 0 Å². The third kappa shape index (κ3) is 7.95. The third-order valence-corrected chi connectivity index (χ3v) is 4.67. The Balaban J connectivity index is 2.39. The monoisotopic (exact) mass is 398 g/mol. The van der Waals surface area contributed by atoms with E-state index in [1.54, 1.807) is 6.92 Å². The number of esters is 2. The molecule has 1 aromatic carbocycles. The van der Waals surface area contributed by atoms with Crippen LogP contribution in [0.25, 0.3) is 0 Å². The van der Waals surface area contributed by atoms with Gasteiger partial charge in [-0.15, -0.1) is 0 Å². The van der Waals surface area contributed by atoms with Crippen LogP contribution < -0.4 is 0 Å². The molecule has 0 fully saturated rings. The molecular weight excluding hydrogens is 372 g/mol. The summed E-state index contributed by atoms with van der Waals surface area (Å²) in [6, 6.07) is 7.61. The van der Waals surface area contributed by atoms with Crippen molar-refractivity contribution in [3.05, 3.63) is 35.4 Å². The average molecular weight is 399 g/mol. The average Bonchev–Trinajstić information content (AvgIpc) is 2.58. The minimum Gasteiger partial charge on any atom is -0.466 e. The summed E-state index contributed by atoms with van der Waals surface area (Å²) in [4.78, 5) is 23.0. The Bertz CT molecular complexity index is 499. The first kappa shape index (κ1) is 20.7. The van der Waals surface area contributed by atoms with Gasteiger partial charge in [-0.1, -0.05) is 34.5 Å². The summed E-state index contributed by atoms with van der Waals surface area (Å²) in [5, 5.41) is 0.923. The van der Waals surface area contributed by atoms with E-state index in [1.165, 1.54) is 5.56 Å². The zero-order valence-electron chi connectivity index (χ0n) is 14.6. The first-order valence-electron chi connectivity index (χ1n) is 8.58. The van der Waals surface area contributed by atoms with E-state index in [-0.39, 0.29) is 11.9 Å². The molecule has 1 atom stereocenters. The Kier molecular flexibility index (Phi) is 10.4. The van der Waals surface area contributed by atoms with E-state index in [2.05, 4.69) is 15.9 Å². The van der Waals surface area contributed by atoms with E-state index >= 15 is 0 Å². The van der Waals surface area contributed by atoms with Crippen molar-refractivity contribution in [2.45, 2.75) is 46.0 Å². The van der Waals surface area contributed by atoms with Crippen LogP contribution in [0.1, 0.15) is 55.5 Å². The molecule has 0 aliphatic heterocycles. The molecule has 134 valence electrons. The van der Waals surface area contributed by atoms with Crippen LogP contribution >= 0.6 is 15.9 Å². The van der Waals surface area contributed by atoms with E-state index in [0.717, 1.165) is 31.0 Å². The Morgan fingerprint density at radius 3 is 2.29 bits per heavy atom. The predicted octanol–water partition coefficient (Wildman–Crippen LogP) is 4.54. The molecule has 0 aliphatic carbocycles. The highest BCUT2D eigenvalue weighted by Gasteiger charge is 2.11. The second kappa shape index (κ2) is 12.1. The van der Waals surface area contributed by atoms with E-state index in [4.69, 9.17) is 9.47 Å². The summed E-state index contributed by atoms with van der Waals surface area (Å²) in [7, 11) is 0. The molecular formula is C19H27BrO4. The molecule has 0 spiro atoms. The van der Waals surface area contributed by atoms with Crippen molar-refractivity contribution >= 4 is 27.9 Å². The number of alkyl halides is 1. The van der Waals surface area contributed by atoms with Gasteiger partial charge in [0.1, 0.15) is 0 Å². The summed E-state index contributed by atoms with van der Waals surface area (Å²) < 4.78 is 9.92. The maximum atomic E-state index is 11.6. The highest BCUT2D eigenvalue weighted by atomic mass is 79.9. The molecule has 0 radical (unpaired) electrons. The lowest BCUT2D eigenvalue weighted by Gasteiger charge is -2.14. The van der Waals surface area contributed by atoms with Crippen molar-refractivity contribution in [1.29, 1.82) is 0 Å². The first-order chi connectivity index (χ1) is 11.6. The van der Waals surface area contributed by atoms with Crippen molar-refractivity contribution < 1.29 is 19.1 Å². The van der Waals surface area contributed by atoms with Gasteiger partial charge in [-0.3, -0.25) is 4.79 Å². The number of hydrogen-bond acceptors (Lipinski definition) is 4. The van der Waals surface area contributed by atoms with Gasteiger partial charge in [0.15, 0.2) is 0 Å². The highest BCUT2D eigenvalue weighted by molar-refractivity contribution is 9.09. The van der Waals surface area contributed by atoms with Gasteiger partial charge in [0.25, 0.3) is 0 Å². The number of halogens is 1. The number of benzene rings is 1. The van der Waals surface area contributed by atoms with E-state index in [9.17, 15) is 9.59 Å². The van der Waals surface area contributed by atoms with Gasteiger partial charge in [-0.05, 0) is 56.7 Å². The highest BCUT2D eigenvalue weighted by Crippen LogP contribution is 2.19. The van der Waals surface area contributed by atoms with Gasteiger partial charge in [0.05, 0.1) is 18.8 Å². The zero-order valence-corrected chi connectivity index (χ0v) is 16.1. The van der Waals surface area contributed by atoms with Crippen molar-refractivity contribution in [2.24, 2.45) is 5.92 Å². The standard InChI is InChI=1S/C19H27BrO4/c1-3-23-18(21)8-6-5-7-16(14-20)13-15-9-11-17(12-10-15)19(22)24-4-2/h9-12,16H,3-8,13-14H2,1-2H3. The SMILES string of the molecule is CCOC(=O)CCCCC(CBr)Cc1ccc(C(=O)OCC)cc1. The number of hydrogen-bond donors (Lipinski definition) is 0. The van der Waals surface area contributed by atoms with E-state index in [0.29, 0.717) is 31.1 Å². The van der Waals surface area contributed by atoms with Crippen molar-refractivity contribution in [1.82, 2.24) is 0 Å². The molecule has 1 unspecified atom stereocenters. The van der Waals surface area contributed by atoms with Crippen LogP contribution in [0.15, 0.2) is 24.3 Å². The lowest BCUT2D eigenvalue weighted by Crippen LogP contribution is -2.08. The number of ether oxygens (including phenoxy) is 2. The van der Waals surface area contributed by atoms with Crippen molar-refractivity contribution in [3.8, 4) is 0 Å². The molecule has 4 nitrogen and oxygen atoms in total. The molecule has 1 rings (SSSR count). The fraction of sp³-hybridized carbons (Fsp3) is 0.579. The van der Waals surface area contributed by atoms with Crippen molar-refractivity contribution in [3.63, 3.8) is 0 Å². The molecule has 0 heterocycles. The second-order valence-electron chi connectivity index (χ2n) is 5.69. The molecule has 24 heavy (non-hydrogen) atoms. The fourth-order valence-electron chi connectivity index (χ4n) is 2.49. The molecule has 0 bridgehead atoms. The number of unbranched alkanes of at least 4 members (excludes halogenated alkanes) is 1. The van der Waals surface area contributed by atoms with Crippen LogP contribution in [-0.4, -0.2) is 30.5 Å². The molecule has 0 N–H and O–H groups in total. The molecule has 5 heteroatoms. The maximum Gasteiger partial charge on any atom is 0.338 e. The summed E-state index contributed by atoms with van der Waals surface area (Å²) in [6.45, 7) is 4.46. The quantitative estimate of drug-likeness (QED) is 0.311. The van der Waals surface area contributed by atoms with Crippen LogP contribution in [-0.2, 0) is 20.7 Å². The van der Waals surface area contributed by atoms with Crippen LogP contribution in [0.2, 0.25) is 0 Å². The Morgan fingerprint density at radius 1 is 1.04 bits per heavy atom. The Labute approximate surface area is 153 Å². The van der Waals surface area contributed by atoms with Crippen LogP contribution in [0.5, 0.6) is 0 Å². The van der Waals surface area contributed by atoms with Gasteiger partial charge < -0.3 is 9.47 Å². The minimum absolute atomic E-state index is 0.109. The number of carbonyl (C=O) groups is 2. The molecule has 0 aromatic heterocycles. The number of rotatable bonds is 11. The lowest BCUT2D eigenvalue weighted by molar-refractivity contribution is -0.143. The van der Waals surface area contributed by atoms with Crippen molar-refractivity contribution in [2.75, 3.05) is 18.5 Å². The molecule has 0 aliphatic rings. The molecule has 0 saturated carbocycles. The van der Waals surface area contributed by atoms with Gasteiger partial charge in [-0.2, -0.15) is 0 Å². The second-order valence-corrected chi connectivity index (χ2v) is 6.34. The van der Waals surface area contributed by atoms with Crippen LogP contribution in [0.3, 0.4) is 0 Å². The van der Waals surface area contributed by atoms with Crippen LogP contribution in [0, 0.1) is 5.92 Å². The molecule has 1 aromatic rings. The fourth-order valence-corrected chi connectivity index (χ4v) is 3.05. The maximum absolute atomic E-state index is 11.6. The normalized spacial score (nSPS) is 11.8. The smallest absolute Gasteiger partial charge is 0.338 e. The summed E-state index contributed by atoms with van der Waals surface area (Å²) in [5.74, 6) is 0.128. The van der Waals surface area contributed by atoms with Gasteiger partial charge >= 0.3 is 11.9 Å². The first-order valence-corrected chi connectivity index (χ1v) is 9.70. The Morgan fingerprint density at radius 2 is 1.71 bits per heavy atom.